The summed E-state index contributed by atoms with van der Waals surface area (Å²) in [4.78, 5) is 11.9. The number of hydrogen-bond donors (Lipinski definition) is 0. The van der Waals surface area contributed by atoms with Crippen molar-refractivity contribution < 1.29 is 27.9 Å². The van der Waals surface area contributed by atoms with Crippen LogP contribution in [0.1, 0.15) is 11.3 Å². The van der Waals surface area contributed by atoms with Gasteiger partial charge in [0, 0.05) is 6.07 Å². The number of esters is 1. The molecule has 0 N–H and O–H groups in total. The van der Waals surface area contributed by atoms with Crippen LogP contribution in [0.25, 0.3) is 11.5 Å². The highest BCUT2D eigenvalue weighted by Gasteiger charge is 2.11. The van der Waals surface area contributed by atoms with Gasteiger partial charge in [-0.15, -0.1) is 0 Å². The second kappa shape index (κ2) is 9.47. The standard InChI is InChI=1S/C23H19NO6/c25-23(29-15-18-13-22(30-24-18)21-7-4-12-26-21)16-28-20-10-8-19(9-11-20)27-14-17-5-2-1-3-6-17/h1-13H,14-16H2. The smallest absolute Gasteiger partial charge is 0.344 e. The van der Waals surface area contributed by atoms with Crippen LogP contribution in [0.2, 0.25) is 0 Å². The van der Waals surface area contributed by atoms with Crippen molar-refractivity contribution >= 4 is 5.97 Å². The minimum Gasteiger partial charge on any atom is -0.489 e. The maximum Gasteiger partial charge on any atom is 0.344 e. The number of nitrogens with zero attached hydrogens (tertiary/aromatic N) is 1. The van der Waals surface area contributed by atoms with E-state index in [4.69, 9.17) is 23.2 Å². The molecule has 0 saturated heterocycles. The molecule has 0 aliphatic rings. The van der Waals surface area contributed by atoms with E-state index < -0.39 is 5.97 Å². The Morgan fingerprint density at radius 1 is 0.833 bits per heavy atom. The molecule has 0 unspecified atom stereocenters. The second-order valence-electron chi connectivity index (χ2n) is 6.35. The Labute approximate surface area is 172 Å². The lowest BCUT2D eigenvalue weighted by molar-refractivity contribution is -0.147. The lowest BCUT2D eigenvalue weighted by atomic mass is 10.2. The van der Waals surface area contributed by atoms with Crippen LogP contribution < -0.4 is 9.47 Å². The summed E-state index contributed by atoms with van der Waals surface area (Å²) in [5.74, 6) is 1.77. The third-order valence-electron chi connectivity index (χ3n) is 4.13. The number of aromatic nitrogens is 1. The Morgan fingerprint density at radius 3 is 2.33 bits per heavy atom. The van der Waals surface area contributed by atoms with Crippen LogP contribution in [-0.4, -0.2) is 17.7 Å². The van der Waals surface area contributed by atoms with Crippen LogP contribution in [0.3, 0.4) is 0 Å². The highest BCUT2D eigenvalue weighted by molar-refractivity contribution is 5.71. The van der Waals surface area contributed by atoms with Crippen molar-refractivity contribution in [2.45, 2.75) is 13.2 Å². The first-order valence-electron chi connectivity index (χ1n) is 9.31. The fourth-order valence-electron chi connectivity index (χ4n) is 2.63. The van der Waals surface area contributed by atoms with E-state index in [1.807, 2.05) is 30.3 Å². The maximum absolute atomic E-state index is 11.9. The Morgan fingerprint density at radius 2 is 1.60 bits per heavy atom. The van der Waals surface area contributed by atoms with Crippen molar-refractivity contribution in [2.75, 3.05) is 6.61 Å². The summed E-state index contributed by atoms with van der Waals surface area (Å²) in [5.41, 5.74) is 1.57. The number of furan rings is 1. The van der Waals surface area contributed by atoms with Gasteiger partial charge in [0.25, 0.3) is 0 Å². The highest BCUT2D eigenvalue weighted by atomic mass is 16.6. The van der Waals surface area contributed by atoms with Crippen molar-refractivity contribution in [1.82, 2.24) is 5.16 Å². The van der Waals surface area contributed by atoms with Crippen LogP contribution in [0, 0.1) is 0 Å². The van der Waals surface area contributed by atoms with Crippen LogP contribution >= 0.6 is 0 Å². The second-order valence-corrected chi connectivity index (χ2v) is 6.35. The first-order valence-corrected chi connectivity index (χ1v) is 9.31. The average Bonchev–Trinajstić information content (AvgIpc) is 3.48. The maximum atomic E-state index is 11.9. The number of carbonyl (C=O) groups excluding carboxylic acids is 1. The van der Waals surface area contributed by atoms with Gasteiger partial charge in [-0.25, -0.2) is 4.79 Å². The molecule has 0 radical (unpaired) electrons. The topological polar surface area (TPSA) is 83.9 Å². The van der Waals surface area contributed by atoms with E-state index in [1.54, 1.807) is 42.5 Å². The molecule has 7 heteroatoms. The molecule has 0 aliphatic heterocycles. The van der Waals surface area contributed by atoms with Gasteiger partial charge in [-0.1, -0.05) is 35.5 Å². The van der Waals surface area contributed by atoms with E-state index >= 15 is 0 Å². The van der Waals surface area contributed by atoms with E-state index in [2.05, 4.69) is 5.16 Å². The normalized spacial score (nSPS) is 10.5. The van der Waals surface area contributed by atoms with E-state index in [0.717, 1.165) is 5.56 Å². The zero-order chi connectivity index (χ0) is 20.6. The third-order valence-corrected chi connectivity index (χ3v) is 4.13. The van der Waals surface area contributed by atoms with Gasteiger partial charge in [-0.2, -0.15) is 0 Å². The van der Waals surface area contributed by atoms with Crippen molar-refractivity contribution in [3.8, 4) is 23.0 Å². The molecule has 0 saturated carbocycles. The summed E-state index contributed by atoms with van der Waals surface area (Å²) in [5, 5.41) is 3.84. The number of ether oxygens (including phenoxy) is 3. The number of carbonyl (C=O) groups is 1. The zero-order valence-corrected chi connectivity index (χ0v) is 16.0. The molecule has 2 aromatic heterocycles. The summed E-state index contributed by atoms with van der Waals surface area (Å²) < 4.78 is 26.7. The molecule has 0 aliphatic carbocycles. The van der Waals surface area contributed by atoms with Gasteiger partial charge in [0.05, 0.1) is 6.26 Å². The molecular formula is C23H19NO6. The Hall–Kier alpha value is -4.00. The van der Waals surface area contributed by atoms with E-state index in [1.165, 1.54) is 6.26 Å². The monoisotopic (exact) mass is 405 g/mol. The Balaban J connectivity index is 1.19. The largest absolute Gasteiger partial charge is 0.489 e. The first-order chi connectivity index (χ1) is 14.8. The SMILES string of the molecule is O=C(COc1ccc(OCc2ccccc2)cc1)OCc1cc(-c2ccco2)on1. The molecule has 0 amide bonds. The minimum atomic E-state index is -0.512. The molecule has 7 nitrogen and oxygen atoms in total. The van der Waals surface area contributed by atoms with Gasteiger partial charge in [-0.05, 0) is 42.0 Å². The Bertz CT molecular complexity index is 1050. The fourth-order valence-corrected chi connectivity index (χ4v) is 2.63. The summed E-state index contributed by atoms with van der Waals surface area (Å²) in [7, 11) is 0. The molecule has 0 bridgehead atoms. The highest BCUT2D eigenvalue weighted by Crippen LogP contribution is 2.21. The lowest BCUT2D eigenvalue weighted by Crippen LogP contribution is -2.14. The van der Waals surface area contributed by atoms with Crippen molar-refractivity contribution in [3.05, 3.63) is 90.3 Å². The molecule has 4 aromatic rings. The summed E-state index contributed by atoms with van der Waals surface area (Å²) >= 11 is 0. The van der Waals surface area contributed by atoms with Crippen LogP contribution in [0.5, 0.6) is 11.5 Å². The molecule has 2 aromatic carbocycles. The molecule has 30 heavy (non-hydrogen) atoms. The quantitative estimate of drug-likeness (QED) is 0.375. The molecule has 0 atom stereocenters. The van der Waals surface area contributed by atoms with Gasteiger partial charge >= 0.3 is 5.97 Å². The minimum absolute atomic E-state index is 0.0152. The predicted molar refractivity (Wildman–Crippen MR) is 107 cm³/mol. The van der Waals surface area contributed by atoms with Gasteiger partial charge in [-0.3, -0.25) is 0 Å². The lowest BCUT2D eigenvalue weighted by Gasteiger charge is -2.08. The van der Waals surface area contributed by atoms with Crippen molar-refractivity contribution in [2.24, 2.45) is 0 Å². The van der Waals surface area contributed by atoms with Crippen LogP contribution in [0.4, 0.5) is 0 Å². The van der Waals surface area contributed by atoms with Gasteiger partial charge < -0.3 is 23.2 Å². The van der Waals surface area contributed by atoms with Crippen LogP contribution in [0.15, 0.2) is 88.0 Å². The number of benzene rings is 2. The third kappa shape index (κ3) is 5.29. The number of hydrogen-bond acceptors (Lipinski definition) is 7. The fraction of sp³-hybridized carbons (Fsp3) is 0.130. The van der Waals surface area contributed by atoms with Gasteiger partial charge in [0.15, 0.2) is 12.4 Å². The summed E-state index contributed by atoms with van der Waals surface area (Å²) in [6.07, 6.45) is 1.54. The van der Waals surface area contributed by atoms with E-state index in [0.29, 0.717) is 35.3 Å². The van der Waals surface area contributed by atoms with Crippen molar-refractivity contribution in [1.29, 1.82) is 0 Å². The van der Waals surface area contributed by atoms with Gasteiger partial charge in [0.2, 0.25) is 5.76 Å². The molecule has 2 heterocycles. The predicted octanol–water partition coefficient (Wildman–Crippen LogP) is 4.64. The Kier molecular flexibility index (Phi) is 6.10. The zero-order valence-electron chi connectivity index (χ0n) is 16.0. The number of rotatable bonds is 9. The average molecular weight is 405 g/mol. The van der Waals surface area contributed by atoms with Gasteiger partial charge in [0.1, 0.15) is 30.4 Å². The molecule has 4 rings (SSSR count). The molecule has 152 valence electrons. The molecule has 0 fully saturated rings. The van der Waals surface area contributed by atoms with E-state index in [9.17, 15) is 4.79 Å². The first kappa shape index (κ1) is 19.3. The summed E-state index contributed by atoms with van der Waals surface area (Å²) in [6, 6.07) is 22.1. The van der Waals surface area contributed by atoms with E-state index in [-0.39, 0.29) is 13.2 Å². The molecular weight excluding hydrogens is 386 g/mol. The van der Waals surface area contributed by atoms with Crippen LogP contribution in [-0.2, 0) is 22.7 Å². The molecule has 0 spiro atoms. The van der Waals surface area contributed by atoms with Crippen molar-refractivity contribution in [3.63, 3.8) is 0 Å². The summed E-state index contributed by atoms with van der Waals surface area (Å²) in [6.45, 7) is 0.253.